The lowest BCUT2D eigenvalue weighted by Gasteiger charge is -2.03. The molecule has 0 aliphatic carbocycles. The minimum absolute atomic E-state index is 0.261. The summed E-state index contributed by atoms with van der Waals surface area (Å²) >= 11 is 3.30. The smallest absolute Gasteiger partial charge is 0.277 e. The minimum Gasteiger partial charge on any atom is -0.305 e. The third-order valence-corrected chi connectivity index (χ3v) is 2.47. The zero-order valence-corrected chi connectivity index (χ0v) is 10.6. The second kappa shape index (κ2) is 5.01. The van der Waals surface area contributed by atoms with Crippen molar-refractivity contribution in [2.45, 2.75) is 6.92 Å². The van der Waals surface area contributed by atoms with Crippen molar-refractivity contribution in [1.82, 2.24) is 15.0 Å². The summed E-state index contributed by atoms with van der Waals surface area (Å²) in [6.45, 7) is 1.81. The number of halogens is 1. The Kier molecular flexibility index (Phi) is 3.43. The summed E-state index contributed by atoms with van der Waals surface area (Å²) < 4.78 is 0.845. The number of nitrogens with zero attached hydrogens (tertiary/aromatic N) is 3. The molecule has 5 nitrogen and oxygen atoms in total. The number of hydrogen-bond donors (Lipinski definition) is 1. The number of carbonyl (C=O) groups excluding carboxylic acids is 1. The van der Waals surface area contributed by atoms with Crippen LogP contribution in [0.5, 0.6) is 0 Å². The molecule has 2 aromatic rings. The summed E-state index contributed by atoms with van der Waals surface area (Å²) in [7, 11) is 0. The monoisotopic (exact) mass is 292 g/mol. The van der Waals surface area contributed by atoms with Gasteiger partial charge < -0.3 is 5.32 Å². The molecule has 0 aliphatic rings. The highest BCUT2D eigenvalue weighted by Gasteiger charge is 2.08. The average Bonchev–Trinajstić information content (AvgIpc) is 2.29. The van der Waals surface area contributed by atoms with E-state index >= 15 is 0 Å². The fourth-order valence-electron chi connectivity index (χ4n) is 1.16. The molecule has 2 aromatic heterocycles. The highest BCUT2D eigenvalue weighted by molar-refractivity contribution is 9.10. The van der Waals surface area contributed by atoms with Crippen LogP contribution in [0, 0.1) is 6.92 Å². The molecule has 1 amide bonds. The predicted octanol–water partition coefficient (Wildman–Crippen LogP) is 2.19. The molecule has 1 N–H and O–H groups in total. The summed E-state index contributed by atoms with van der Waals surface area (Å²) in [6, 6.07) is 3.49. The number of rotatable bonds is 2. The quantitative estimate of drug-likeness (QED) is 0.921. The summed E-state index contributed by atoms with van der Waals surface area (Å²) in [4.78, 5) is 23.8. The molecule has 0 spiro atoms. The van der Waals surface area contributed by atoms with Crippen LogP contribution in [-0.2, 0) is 0 Å². The van der Waals surface area contributed by atoms with E-state index in [0.29, 0.717) is 5.82 Å². The van der Waals surface area contributed by atoms with Gasteiger partial charge in [0.15, 0.2) is 0 Å². The van der Waals surface area contributed by atoms with Crippen molar-refractivity contribution in [2.24, 2.45) is 0 Å². The van der Waals surface area contributed by atoms with Gasteiger partial charge in [-0.15, -0.1) is 0 Å². The highest BCUT2D eigenvalue weighted by atomic mass is 79.9. The van der Waals surface area contributed by atoms with Gasteiger partial charge in [0.25, 0.3) is 5.91 Å². The molecule has 0 saturated carbocycles. The highest BCUT2D eigenvalue weighted by Crippen LogP contribution is 2.13. The zero-order valence-electron chi connectivity index (χ0n) is 9.01. The van der Waals surface area contributed by atoms with E-state index in [1.165, 1.54) is 6.20 Å². The van der Waals surface area contributed by atoms with Gasteiger partial charge in [0, 0.05) is 16.9 Å². The normalized spacial score (nSPS) is 10.0. The van der Waals surface area contributed by atoms with Crippen molar-refractivity contribution in [3.05, 3.63) is 46.6 Å². The van der Waals surface area contributed by atoms with Gasteiger partial charge in [-0.05, 0) is 19.1 Å². The molecule has 0 saturated heterocycles. The Morgan fingerprint density at radius 1 is 1.29 bits per heavy atom. The molecule has 0 fully saturated rings. The molecule has 86 valence electrons. The molecule has 17 heavy (non-hydrogen) atoms. The van der Waals surface area contributed by atoms with Crippen LogP contribution in [0.15, 0.2) is 35.2 Å². The van der Waals surface area contributed by atoms with Crippen LogP contribution in [-0.4, -0.2) is 20.9 Å². The Morgan fingerprint density at radius 3 is 2.76 bits per heavy atom. The van der Waals surface area contributed by atoms with Crippen molar-refractivity contribution >= 4 is 27.7 Å². The summed E-state index contributed by atoms with van der Waals surface area (Å²) in [6.07, 6.45) is 4.58. The fourth-order valence-corrected chi connectivity index (χ4v) is 1.50. The SMILES string of the molecule is Cc1cnc(C(=O)Nc2cc(Br)ccn2)cn1. The molecular formula is C11H9BrN4O. The maximum absolute atomic E-state index is 11.8. The number of aromatic nitrogens is 3. The maximum atomic E-state index is 11.8. The summed E-state index contributed by atoms with van der Waals surface area (Å²) in [5, 5.41) is 2.64. The van der Waals surface area contributed by atoms with Crippen LogP contribution in [0.3, 0.4) is 0 Å². The maximum Gasteiger partial charge on any atom is 0.277 e. The van der Waals surface area contributed by atoms with E-state index in [1.54, 1.807) is 24.5 Å². The molecular weight excluding hydrogens is 284 g/mol. The van der Waals surface area contributed by atoms with E-state index in [4.69, 9.17) is 0 Å². The number of carbonyl (C=O) groups is 1. The molecule has 0 bridgehead atoms. The van der Waals surface area contributed by atoms with Crippen LogP contribution < -0.4 is 5.32 Å². The summed E-state index contributed by atoms with van der Waals surface area (Å²) in [5.41, 5.74) is 1.03. The van der Waals surface area contributed by atoms with E-state index in [2.05, 4.69) is 36.2 Å². The van der Waals surface area contributed by atoms with Gasteiger partial charge in [0.1, 0.15) is 11.5 Å². The second-order valence-corrected chi connectivity index (χ2v) is 4.27. The van der Waals surface area contributed by atoms with E-state index < -0.39 is 0 Å². The number of nitrogens with one attached hydrogen (secondary N) is 1. The molecule has 2 heterocycles. The first-order valence-electron chi connectivity index (χ1n) is 4.87. The van der Waals surface area contributed by atoms with Gasteiger partial charge in [-0.3, -0.25) is 9.78 Å². The molecule has 0 aliphatic heterocycles. The number of hydrogen-bond acceptors (Lipinski definition) is 4. The van der Waals surface area contributed by atoms with Crippen molar-refractivity contribution in [3.63, 3.8) is 0 Å². The van der Waals surface area contributed by atoms with Gasteiger partial charge in [-0.2, -0.15) is 0 Å². The van der Waals surface area contributed by atoms with E-state index in [-0.39, 0.29) is 11.6 Å². The largest absolute Gasteiger partial charge is 0.305 e. The second-order valence-electron chi connectivity index (χ2n) is 3.36. The molecule has 2 rings (SSSR count). The Labute approximate surface area is 106 Å². The first-order valence-corrected chi connectivity index (χ1v) is 5.66. The number of aryl methyl sites for hydroxylation is 1. The predicted molar refractivity (Wildman–Crippen MR) is 66.7 cm³/mol. The molecule has 0 unspecified atom stereocenters. The molecule has 0 atom stereocenters. The van der Waals surface area contributed by atoms with Crippen molar-refractivity contribution < 1.29 is 4.79 Å². The lowest BCUT2D eigenvalue weighted by atomic mass is 10.4. The van der Waals surface area contributed by atoms with Crippen molar-refractivity contribution in [2.75, 3.05) is 5.32 Å². The lowest BCUT2D eigenvalue weighted by Crippen LogP contribution is -2.14. The Bertz CT molecular complexity index is 541. The van der Waals surface area contributed by atoms with Gasteiger partial charge >= 0.3 is 0 Å². The minimum atomic E-state index is -0.330. The van der Waals surface area contributed by atoms with Crippen molar-refractivity contribution in [1.29, 1.82) is 0 Å². The van der Waals surface area contributed by atoms with E-state index in [0.717, 1.165) is 10.2 Å². The first kappa shape index (κ1) is 11.7. The lowest BCUT2D eigenvalue weighted by molar-refractivity contribution is 0.102. The van der Waals surface area contributed by atoms with Crippen LogP contribution in [0.2, 0.25) is 0 Å². The topological polar surface area (TPSA) is 67.8 Å². The zero-order chi connectivity index (χ0) is 12.3. The Balaban J connectivity index is 2.14. The van der Waals surface area contributed by atoms with Crippen LogP contribution >= 0.6 is 15.9 Å². The van der Waals surface area contributed by atoms with Gasteiger partial charge in [-0.25, -0.2) is 9.97 Å². The molecule has 6 heteroatoms. The fraction of sp³-hybridized carbons (Fsp3) is 0.0909. The standard InChI is InChI=1S/C11H9BrN4O/c1-7-5-15-9(6-14-7)11(17)16-10-4-8(12)2-3-13-10/h2-6H,1H3,(H,13,16,17). The van der Waals surface area contributed by atoms with Gasteiger partial charge in [0.2, 0.25) is 0 Å². The Morgan fingerprint density at radius 2 is 2.12 bits per heavy atom. The van der Waals surface area contributed by atoms with E-state index in [9.17, 15) is 4.79 Å². The first-order chi connectivity index (χ1) is 8.15. The van der Waals surface area contributed by atoms with E-state index in [1.807, 2.05) is 6.92 Å². The number of pyridine rings is 1. The molecule has 0 radical (unpaired) electrons. The summed E-state index contributed by atoms with van der Waals surface area (Å²) in [5.74, 6) is 0.134. The number of amides is 1. The van der Waals surface area contributed by atoms with Crippen LogP contribution in [0.4, 0.5) is 5.82 Å². The van der Waals surface area contributed by atoms with Crippen LogP contribution in [0.25, 0.3) is 0 Å². The Hall–Kier alpha value is -1.82. The van der Waals surface area contributed by atoms with Crippen molar-refractivity contribution in [3.8, 4) is 0 Å². The average molecular weight is 293 g/mol. The third-order valence-electron chi connectivity index (χ3n) is 1.98. The van der Waals surface area contributed by atoms with Gasteiger partial charge in [-0.1, -0.05) is 15.9 Å². The van der Waals surface area contributed by atoms with Gasteiger partial charge in [0.05, 0.1) is 11.9 Å². The number of anilines is 1. The molecule has 0 aromatic carbocycles. The third kappa shape index (κ3) is 3.07. The van der Waals surface area contributed by atoms with Crippen LogP contribution in [0.1, 0.15) is 16.2 Å².